The molecule has 1 aliphatic rings. The lowest BCUT2D eigenvalue weighted by molar-refractivity contribution is 0.468. The third kappa shape index (κ3) is 4.33. The van der Waals surface area contributed by atoms with Crippen LogP contribution in [0.15, 0.2) is 41.3 Å². The summed E-state index contributed by atoms with van der Waals surface area (Å²) in [5.41, 5.74) is 1.05. The van der Waals surface area contributed by atoms with Crippen LogP contribution in [0.4, 0.5) is 0 Å². The largest absolute Gasteiger partial charge is 0.240 e. The van der Waals surface area contributed by atoms with Crippen molar-refractivity contribution in [1.82, 2.24) is 4.72 Å². The third-order valence-corrected chi connectivity index (χ3v) is 5.18. The summed E-state index contributed by atoms with van der Waals surface area (Å²) in [4.78, 5) is 0.321. The molecule has 0 radical (unpaired) electrons. The molecule has 1 unspecified atom stereocenters. The van der Waals surface area contributed by atoms with Crippen LogP contribution in [0, 0.1) is 5.92 Å². The van der Waals surface area contributed by atoms with Gasteiger partial charge in [0.05, 0.1) is 4.90 Å². The van der Waals surface area contributed by atoms with E-state index in [-0.39, 0.29) is 0 Å². The van der Waals surface area contributed by atoms with Gasteiger partial charge in [-0.3, -0.25) is 0 Å². The Morgan fingerprint density at radius 3 is 2.55 bits per heavy atom. The van der Waals surface area contributed by atoms with Crippen LogP contribution < -0.4 is 4.72 Å². The van der Waals surface area contributed by atoms with Crippen molar-refractivity contribution in [2.75, 3.05) is 12.4 Å². The molecule has 1 aromatic rings. The number of benzene rings is 1. The zero-order valence-electron chi connectivity index (χ0n) is 11.4. The van der Waals surface area contributed by atoms with Crippen LogP contribution in [0.5, 0.6) is 0 Å². The molecular formula is C15H20ClNO2S. The summed E-state index contributed by atoms with van der Waals surface area (Å²) in [6.45, 7) is 0.510. The molecular weight excluding hydrogens is 294 g/mol. The van der Waals surface area contributed by atoms with E-state index in [1.165, 1.54) is 0 Å². The molecule has 5 heteroatoms. The highest BCUT2D eigenvalue weighted by molar-refractivity contribution is 7.89. The molecule has 1 N–H and O–H groups in total. The van der Waals surface area contributed by atoms with E-state index in [0.717, 1.165) is 31.2 Å². The maximum absolute atomic E-state index is 12.2. The summed E-state index contributed by atoms with van der Waals surface area (Å²) in [5, 5.41) is 0. The van der Waals surface area contributed by atoms with Crippen molar-refractivity contribution in [3.05, 3.63) is 42.0 Å². The number of hydrogen-bond donors (Lipinski definition) is 1. The molecule has 0 saturated heterocycles. The van der Waals surface area contributed by atoms with Gasteiger partial charge < -0.3 is 0 Å². The Hall–Kier alpha value is -0.840. The van der Waals surface area contributed by atoms with Crippen LogP contribution in [0.3, 0.4) is 0 Å². The van der Waals surface area contributed by atoms with E-state index in [2.05, 4.69) is 16.9 Å². The average molecular weight is 314 g/mol. The number of sulfonamides is 1. The Bertz CT molecular complexity index is 552. The lowest BCUT2D eigenvalue weighted by Crippen LogP contribution is -2.29. The van der Waals surface area contributed by atoms with Gasteiger partial charge in [-0.2, -0.15) is 0 Å². The number of allylic oxidation sites excluding steroid dienone is 2. The molecule has 0 saturated carbocycles. The number of halogens is 1. The van der Waals surface area contributed by atoms with Gasteiger partial charge in [-0.1, -0.05) is 24.3 Å². The summed E-state index contributed by atoms with van der Waals surface area (Å²) in [7, 11) is -3.40. The topological polar surface area (TPSA) is 46.2 Å². The van der Waals surface area contributed by atoms with E-state index < -0.39 is 10.0 Å². The van der Waals surface area contributed by atoms with Crippen LogP contribution in [0.2, 0.25) is 0 Å². The van der Waals surface area contributed by atoms with Gasteiger partial charge >= 0.3 is 0 Å². The molecule has 0 aliphatic heterocycles. The summed E-state index contributed by atoms with van der Waals surface area (Å²) < 4.78 is 27.1. The Morgan fingerprint density at radius 1 is 1.20 bits per heavy atom. The minimum atomic E-state index is -3.40. The predicted molar refractivity (Wildman–Crippen MR) is 82.5 cm³/mol. The monoisotopic (exact) mass is 313 g/mol. The van der Waals surface area contributed by atoms with Crippen molar-refractivity contribution >= 4 is 21.6 Å². The van der Waals surface area contributed by atoms with Crippen LogP contribution in [-0.2, 0) is 16.4 Å². The van der Waals surface area contributed by atoms with E-state index in [4.69, 9.17) is 11.6 Å². The van der Waals surface area contributed by atoms with Crippen molar-refractivity contribution < 1.29 is 8.42 Å². The van der Waals surface area contributed by atoms with Gasteiger partial charge in [-0.15, -0.1) is 11.6 Å². The molecule has 1 aliphatic carbocycles. The fourth-order valence-electron chi connectivity index (χ4n) is 2.30. The predicted octanol–water partition coefficient (Wildman–Crippen LogP) is 3.10. The van der Waals surface area contributed by atoms with E-state index in [1.54, 1.807) is 12.1 Å². The van der Waals surface area contributed by atoms with Gasteiger partial charge in [0.1, 0.15) is 0 Å². The van der Waals surface area contributed by atoms with Gasteiger partial charge in [0.25, 0.3) is 0 Å². The average Bonchev–Trinajstić information content (AvgIpc) is 2.47. The molecule has 2 rings (SSSR count). The molecule has 20 heavy (non-hydrogen) atoms. The van der Waals surface area contributed by atoms with Gasteiger partial charge in [0.2, 0.25) is 10.0 Å². The summed E-state index contributed by atoms with van der Waals surface area (Å²) in [6.07, 6.45) is 8.08. The number of aryl methyl sites for hydroxylation is 1. The molecule has 110 valence electrons. The quantitative estimate of drug-likeness (QED) is 0.648. The second-order valence-corrected chi connectivity index (χ2v) is 7.23. The molecule has 0 heterocycles. The fourth-order valence-corrected chi connectivity index (χ4v) is 3.63. The highest BCUT2D eigenvalue weighted by Crippen LogP contribution is 2.18. The third-order valence-electron chi connectivity index (χ3n) is 3.56. The Balaban J connectivity index is 1.96. The molecule has 0 aromatic heterocycles. The first-order valence-corrected chi connectivity index (χ1v) is 8.93. The van der Waals surface area contributed by atoms with Crippen molar-refractivity contribution in [2.45, 2.75) is 30.6 Å². The Labute approximate surface area is 126 Å². The summed E-state index contributed by atoms with van der Waals surface area (Å²) >= 11 is 5.67. The Morgan fingerprint density at radius 2 is 1.95 bits per heavy atom. The lowest BCUT2D eigenvalue weighted by atomic mass is 9.95. The second kappa shape index (κ2) is 7.25. The molecule has 1 atom stereocenters. The first-order chi connectivity index (χ1) is 9.62. The van der Waals surface area contributed by atoms with Crippen LogP contribution in [0.25, 0.3) is 0 Å². The normalized spacial score (nSPS) is 19.1. The molecule has 3 nitrogen and oxygen atoms in total. The zero-order valence-corrected chi connectivity index (χ0v) is 13.0. The molecule has 0 bridgehead atoms. The maximum atomic E-state index is 12.2. The minimum absolute atomic E-state index is 0.321. The smallest absolute Gasteiger partial charge is 0.211 e. The molecule has 1 aromatic carbocycles. The molecule has 0 amide bonds. The van der Waals surface area contributed by atoms with Crippen LogP contribution >= 0.6 is 11.6 Å². The second-order valence-electron chi connectivity index (χ2n) is 5.09. The summed E-state index contributed by atoms with van der Waals surface area (Å²) in [6, 6.07) is 6.93. The number of rotatable bonds is 6. The van der Waals surface area contributed by atoms with Crippen LogP contribution in [0.1, 0.15) is 24.8 Å². The SMILES string of the molecule is O=S(=O)(NCC1CC=CCC1)c1ccc(CCCl)cc1. The summed E-state index contributed by atoms with van der Waals surface area (Å²) in [5.74, 6) is 0.949. The first-order valence-electron chi connectivity index (χ1n) is 6.91. The first kappa shape index (κ1) is 15.5. The van der Waals surface area contributed by atoms with Gasteiger partial charge in [-0.05, 0) is 49.3 Å². The number of alkyl halides is 1. The van der Waals surface area contributed by atoms with E-state index in [1.807, 2.05) is 12.1 Å². The minimum Gasteiger partial charge on any atom is -0.211 e. The maximum Gasteiger partial charge on any atom is 0.240 e. The van der Waals surface area contributed by atoms with Gasteiger partial charge in [0.15, 0.2) is 0 Å². The van der Waals surface area contributed by atoms with Crippen molar-refractivity contribution in [3.8, 4) is 0 Å². The highest BCUT2D eigenvalue weighted by atomic mass is 35.5. The number of hydrogen-bond acceptors (Lipinski definition) is 2. The van der Waals surface area contributed by atoms with Gasteiger partial charge in [0, 0.05) is 12.4 Å². The van der Waals surface area contributed by atoms with Crippen LogP contribution in [-0.4, -0.2) is 20.8 Å². The van der Waals surface area contributed by atoms with Crippen molar-refractivity contribution in [1.29, 1.82) is 0 Å². The Kier molecular flexibility index (Phi) is 5.64. The standard InChI is InChI=1S/C15H20ClNO2S/c16-11-10-13-6-8-15(9-7-13)20(18,19)17-12-14-4-2-1-3-5-14/h1-2,6-9,14,17H,3-5,10-12H2. The highest BCUT2D eigenvalue weighted by Gasteiger charge is 2.17. The van der Waals surface area contributed by atoms with Gasteiger partial charge in [-0.25, -0.2) is 13.1 Å². The molecule has 0 spiro atoms. The van der Waals surface area contributed by atoms with Crippen molar-refractivity contribution in [2.24, 2.45) is 5.92 Å². The zero-order chi connectivity index (χ0) is 14.4. The van der Waals surface area contributed by atoms with E-state index >= 15 is 0 Å². The lowest BCUT2D eigenvalue weighted by Gasteiger charge is -2.18. The number of nitrogens with one attached hydrogen (secondary N) is 1. The van der Waals surface area contributed by atoms with Crippen molar-refractivity contribution in [3.63, 3.8) is 0 Å². The molecule has 0 fully saturated rings. The fraction of sp³-hybridized carbons (Fsp3) is 0.467. The van der Waals surface area contributed by atoms with E-state index in [0.29, 0.717) is 23.2 Å². The van der Waals surface area contributed by atoms with E-state index in [9.17, 15) is 8.42 Å².